The maximum absolute atomic E-state index is 10.4. The lowest BCUT2D eigenvalue weighted by molar-refractivity contribution is -0.114. The van der Waals surface area contributed by atoms with Crippen LogP contribution in [0, 0.1) is 5.38 Å². The normalized spacial score (nSPS) is 9.00. The highest BCUT2D eigenvalue weighted by molar-refractivity contribution is 7.13. The van der Waals surface area contributed by atoms with Crippen molar-refractivity contribution < 1.29 is 4.79 Å². The third-order valence-electron chi connectivity index (χ3n) is 0.673. The zero-order valence-electron chi connectivity index (χ0n) is 4.84. The van der Waals surface area contributed by atoms with Gasteiger partial charge in [-0.15, -0.1) is 0 Å². The van der Waals surface area contributed by atoms with Crippen LogP contribution in [0.25, 0.3) is 0 Å². The first-order chi connectivity index (χ1) is 4.29. The second-order valence-electron chi connectivity index (χ2n) is 1.46. The Morgan fingerprint density at radius 1 is 2.00 bits per heavy atom. The minimum atomic E-state index is -0.0987. The highest BCUT2D eigenvalue weighted by Gasteiger charge is 1.94. The zero-order chi connectivity index (χ0) is 6.69. The minimum Gasteiger partial charge on any atom is -0.302 e. The summed E-state index contributed by atoms with van der Waals surface area (Å²) in [6.07, 6.45) is 1.52. The van der Waals surface area contributed by atoms with Crippen LogP contribution in [0.3, 0.4) is 0 Å². The molecule has 1 heterocycles. The lowest BCUT2D eigenvalue weighted by Crippen LogP contribution is -2.04. The Morgan fingerprint density at radius 3 is 3.22 bits per heavy atom. The van der Waals surface area contributed by atoms with Crippen LogP contribution in [0.4, 0.5) is 5.13 Å². The summed E-state index contributed by atoms with van der Waals surface area (Å²) in [5, 5.41) is 5.87. The lowest BCUT2D eigenvalue weighted by Gasteiger charge is -1.90. The molecule has 0 spiro atoms. The lowest BCUT2D eigenvalue weighted by atomic mass is 10.7. The van der Waals surface area contributed by atoms with Crippen molar-refractivity contribution >= 4 is 22.4 Å². The van der Waals surface area contributed by atoms with Crippen molar-refractivity contribution in [3.8, 4) is 0 Å². The van der Waals surface area contributed by atoms with Crippen molar-refractivity contribution in [2.24, 2.45) is 0 Å². The number of carbonyl (C=O) groups excluding carboxylic acids is 1. The van der Waals surface area contributed by atoms with E-state index in [0.717, 1.165) is 0 Å². The predicted octanol–water partition coefficient (Wildman–Crippen LogP) is 0.902. The average molecular weight is 141 g/mol. The standard InChI is InChI=1S/C5H5N2OS/c1-4(8)7-5-6-2-3-9-5/h2H,1H3,(H,6,7,8). The fourth-order valence-corrected chi connectivity index (χ4v) is 0.919. The van der Waals surface area contributed by atoms with Crippen molar-refractivity contribution in [3.63, 3.8) is 0 Å². The largest absolute Gasteiger partial charge is 0.302 e. The third-order valence-corrected chi connectivity index (χ3v) is 1.30. The molecule has 1 N–H and O–H groups in total. The highest BCUT2D eigenvalue weighted by Crippen LogP contribution is 2.08. The molecule has 1 aromatic heterocycles. The highest BCUT2D eigenvalue weighted by atomic mass is 32.1. The molecule has 3 nitrogen and oxygen atoms in total. The minimum absolute atomic E-state index is 0.0987. The smallest absolute Gasteiger partial charge is 0.223 e. The first-order valence-corrected chi connectivity index (χ1v) is 3.20. The molecule has 0 unspecified atom stereocenters. The van der Waals surface area contributed by atoms with E-state index >= 15 is 0 Å². The number of carbonyl (C=O) groups is 1. The summed E-state index contributed by atoms with van der Waals surface area (Å²) < 4.78 is 0. The molecule has 0 aromatic carbocycles. The summed E-state index contributed by atoms with van der Waals surface area (Å²) >= 11 is 1.28. The fourth-order valence-electron chi connectivity index (χ4n) is 0.402. The average Bonchev–Trinajstić information content (AvgIpc) is 2.15. The molecular formula is C5H5N2OS. The topological polar surface area (TPSA) is 42.0 Å². The molecule has 0 bridgehead atoms. The van der Waals surface area contributed by atoms with Crippen molar-refractivity contribution in [2.75, 3.05) is 5.32 Å². The van der Waals surface area contributed by atoms with Gasteiger partial charge in [-0.1, -0.05) is 11.3 Å². The zero-order valence-corrected chi connectivity index (χ0v) is 5.66. The summed E-state index contributed by atoms with van der Waals surface area (Å²) in [6, 6.07) is 0. The molecule has 0 fully saturated rings. The van der Waals surface area contributed by atoms with E-state index in [1.165, 1.54) is 24.5 Å². The van der Waals surface area contributed by atoms with Crippen LogP contribution < -0.4 is 5.32 Å². The fraction of sp³-hybridized carbons (Fsp3) is 0.200. The summed E-state index contributed by atoms with van der Waals surface area (Å²) in [4.78, 5) is 14.1. The predicted molar refractivity (Wildman–Crippen MR) is 35.3 cm³/mol. The molecule has 0 aliphatic heterocycles. The Bertz CT molecular complexity index is 195. The van der Waals surface area contributed by atoms with Crippen molar-refractivity contribution in [1.29, 1.82) is 0 Å². The first-order valence-electron chi connectivity index (χ1n) is 2.38. The number of rotatable bonds is 1. The van der Waals surface area contributed by atoms with Crippen LogP contribution in [0.15, 0.2) is 6.20 Å². The number of anilines is 1. The van der Waals surface area contributed by atoms with Gasteiger partial charge in [0.25, 0.3) is 0 Å². The van der Waals surface area contributed by atoms with Gasteiger partial charge in [0.2, 0.25) is 5.91 Å². The molecule has 4 heteroatoms. The molecule has 0 saturated heterocycles. The van der Waals surface area contributed by atoms with Gasteiger partial charge in [0.05, 0.1) is 5.38 Å². The van der Waals surface area contributed by atoms with E-state index < -0.39 is 0 Å². The Balaban J connectivity index is 2.58. The van der Waals surface area contributed by atoms with Crippen molar-refractivity contribution in [3.05, 3.63) is 11.6 Å². The van der Waals surface area contributed by atoms with E-state index in [1.54, 1.807) is 0 Å². The van der Waals surface area contributed by atoms with Gasteiger partial charge in [0, 0.05) is 13.1 Å². The van der Waals surface area contributed by atoms with Gasteiger partial charge >= 0.3 is 0 Å². The van der Waals surface area contributed by atoms with Crippen LogP contribution in [0.5, 0.6) is 0 Å². The number of thiazole rings is 1. The maximum Gasteiger partial charge on any atom is 0.223 e. The summed E-state index contributed by atoms with van der Waals surface area (Å²) in [5.41, 5.74) is 0. The summed E-state index contributed by atoms with van der Waals surface area (Å²) in [7, 11) is 0. The van der Waals surface area contributed by atoms with Crippen LogP contribution in [-0.4, -0.2) is 10.9 Å². The molecule has 0 saturated carbocycles. The van der Waals surface area contributed by atoms with Gasteiger partial charge in [-0.05, 0) is 0 Å². The van der Waals surface area contributed by atoms with Crippen LogP contribution in [-0.2, 0) is 4.79 Å². The Hall–Kier alpha value is -0.900. The summed E-state index contributed by atoms with van der Waals surface area (Å²) in [5.74, 6) is -0.0987. The Kier molecular flexibility index (Phi) is 1.79. The monoisotopic (exact) mass is 141 g/mol. The summed E-state index contributed by atoms with van der Waals surface area (Å²) in [6.45, 7) is 1.45. The molecule has 47 valence electrons. The number of aromatic nitrogens is 1. The van der Waals surface area contributed by atoms with Gasteiger partial charge < -0.3 is 5.32 Å². The molecule has 0 aliphatic rings. The quantitative estimate of drug-likeness (QED) is 0.631. The van der Waals surface area contributed by atoms with E-state index in [1.807, 2.05) is 0 Å². The van der Waals surface area contributed by atoms with Gasteiger partial charge in [0.15, 0.2) is 5.13 Å². The first kappa shape index (κ1) is 6.22. The molecular weight excluding hydrogens is 136 g/mol. The molecule has 0 atom stereocenters. The maximum atomic E-state index is 10.4. The molecule has 0 aliphatic carbocycles. The van der Waals surface area contributed by atoms with E-state index in [0.29, 0.717) is 5.13 Å². The SMILES string of the molecule is CC(=O)Nc1nc[c]s1. The van der Waals surface area contributed by atoms with Gasteiger partial charge in [-0.2, -0.15) is 0 Å². The van der Waals surface area contributed by atoms with Crippen LogP contribution in [0.2, 0.25) is 0 Å². The molecule has 1 amide bonds. The Labute approximate surface area is 56.7 Å². The van der Waals surface area contributed by atoms with Crippen LogP contribution >= 0.6 is 11.3 Å². The van der Waals surface area contributed by atoms with Crippen LogP contribution in [0.1, 0.15) is 6.92 Å². The molecule has 1 radical (unpaired) electrons. The van der Waals surface area contributed by atoms with E-state index in [4.69, 9.17) is 0 Å². The van der Waals surface area contributed by atoms with Gasteiger partial charge in [-0.25, -0.2) is 4.98 Å². The number of nitrogens with one attached hydrogen (secondary N) is 1. The second kappa shape index (κ2) is 2.59. The number of amides is 1. The third kappa shape index (κ3) is 1.81. The van der Waals surface area contributed by atoms with E-state index in [2.05, 4.69) is 15.7 Å². The number of hydrogen-bond donors (Lipinski definition) is 1. The second-order valence-corrected chi connectivity index (χ2v) is 2.29. The van der Waals surface area contributed by atoms with E-state index in [-0.39, 0.29) is 5.91 Å². The van der Waals surface area contributed by atoms with E-state index in [9.17, 15) is 4.79 Å². The number of hydrogen-bond acceptors (Lipinski definition) is 3. The molecule has 9 heavy (non-hydrogen) atoms. The Morgan fingerprint density at radius 2 is 2.78 bits per heavy atom. The number of nitrogens with zero attached hydrogens (tertiary/aromatic N) is 1. The van der Waals surface area contributed by atoms with Crippen molar-refractivity contribution in [1.82, 2.24) is 4.98 Å². The van der Waals surface area contributed by atoms with Crippen molar-refractivity contribution in [2.45, 2.75) is 6.92 Å². The molecule has 1 rings (SSSR count). The van der Waals surface area contributed by atoms with Gasteiger partial charge in [0.1, 0.15) is 0 Å². The molecule has 1 aromatic rings. The van der Waals surface area contributed by atoms with Gasteiger partial charge in [-0.3, -0.25) is 4.79 Å².